The van der Waals surface area contributed by atoms with Crippen LogP contribution >= 0.6 is 0 Å². The van der Waals surface area contributed by atoms with Crippen LogP contribution in [0.3, 0.4) is 0 Å². The van der Waals surface area contributed by atoms with Crippen molar-refractivity contribution in [3.05, 3.63) is 65.2 Å². The first-order valence-electron chi connectivity index (χ1n) is 7.71. The summed E-state index contributed by atoms with van der Waals surface area (Å²) in [5.74, 6) is 0. The maximum Gasteiger partial charge on any atom is 0.0715 e. The van der Waals surface area contributed by atoms with Gasteiger partial charge >= 0.3 is 0 Å². The molecule has 0 amide bonds. The second kappa shape index (κ2) is 5.69. The zero-order chi connectivity index (χ0) is 14.8. The van der Waals surface area contributed by atoms with E-state index in [1.807, 2.05) is 0 Å². The first-order valence-corrected chi connectivity index (χ1v) is 7.71. The van der Waals surface area contributed by atoms with Gasteiger partial charge in [-0.15, -0.1) is 0 Å². The molecule has 0 atom stereocenters. The zero-order valence-corrected chi connectivity index (χ0v) is 13.0. The van der Waals surface area contributed by atoms with E-state index in [9.17, 15) is 0 Å². The van der Waals surface area contributed by atoms with E-state index in [1.54, 1.807) is 0 Å². The summed E-state index contributed by atoms with van der Waals surface area (Å²) < 4.78 is 0. The molecule has 0 saturated heterocycles. The predicted octanol–water partition coefficient (Wildman–Crippen LogP) is 5.34. The quantitative estimate of drug-likeness (QED) is 0.629. The molecule has 1 heteroatoms. The Balaban J connectivity index is 2.19. The maximum atomic E-state index is 4.90. The van der Waals surface area contributed by atoms with Gasteiger partial charge in [0.25, 0.3) is 0 Å². The zero-order valence-electron chi connectivity index (χ0n) is 13.0. The Hall–Kier alpha value is -2.15. The fourth-order valence-electron chi connectivity index (χ4n) is 2.84. The third kappa shape index (κ3) is 2.69. The lowest BCUT2D eigenvalue weighted by Gasteiger charge is -2.09. The Morgan fingerprint density at radius 2 is 1.76 bits per heavy atom. The number of hydrogen-bond acceptors (Lipinski definition) is 1. The van der Waals surface area contributed by atoms with Crippen molar-refractivity contribution < 1.29 is 0 Å². The standard InChI is InChI=1S/C20H21N/c1-4-15-12-16(5-2)18-9-10-19(21-20(18)13-15)17-8-6-7-14(3)11-17/h6-13H,4-5H2,1-3H3. The molecule has 1 nitrogen and oxygen atoms in total. The van der Waals surface area contributed by atoms with Gasteiger partial charge in [0, 0.05) is 10.9 Å². The number of aryl methyl sites for hydroxylation is 3. The van der Waals surface area contributed by atoms with Crippen molar-refractivity contribution in [1.29, 1.82) is 0 Å². The fourth-order valence-corrected chi connectivity index (χ4v) is 2.84. The Labute approximate surface area is 126 Å². The molecule has 3 aromatic rings. The van der Waals surface area contributed by atoms with E-state index < -0.39 is 0 Å². The summed E-state index contributed by atoms with van der Waals surface area (Å²) in [6, 6.07) is 17.4. The van der Waals surface area contributed by atoms with Gasteiger partial charge in [-0.3, -0.25) is 0 Å². The Kier molecular flexibility index (Phi) is 3.74. The first kappa shape index (κ1) is 13.8. The van der Waals surface area contributed by atoms with Crippen molar-refractivity contribution in [1.82, 2.24) is 4.98 Å². The minimum atomic E-state index is 1.05. The summed E-state index contributed by atoms with van der Waals surface area (Å²) in [7, 11) is 0. The highest BCUT2D eigenvalue weighted by Gasteiger charge is 2.06. The fraction of sp³-hybridized carbons (Fsp3) is 0.250. The largest absolute Gasteiger partial charge is 0.248 e. The Morgan fingerprint density at radius 3 is 2.48 bits per heavy atom. The molecular formula is C20H21N. The SMILES string of the molecule is CCc1cc(CC)c2ccc(-c3cccc(C)c3)nc2c1. The van der Waals surface area contributed by atoms with Crippen LogP contribution in [0.4, 0.5) is 0 Å². The highest BCUT2D eigenvalue weighted by atomic mass is 14.7. The number of aromatic nitrogens is 1. The predicted molar refractivity (Wildman–Crippen MR) is 90.7 cm³/mol. The number of fused-ring (bicyclic) bond motifs is 1. The minimum Gasteiger partial charge on any atom is -0.248 e. The van der Waals surface area contributed by atoms with Gasteiger partial charge in [0.1, 0.15) is 0 Å². The maximum absolute atomic E-state index is 4.90. The molecule has 0 radical (unpaired) electrons. The first-order chi connectivity index (χ1) is 10.2. The molecular weight excluding hydrogens is 254 g/mol. The monoisotopic (exact) mass is 275 g/mol. The topological polar surface area (TPSA) is 12.9 Å². The van der Waals surface area contributed by atoms with E-state index in [4.69, 9.17) is 4.98 Å². The number of rotatable bonds is 3. The van der Waals surface area contributed by atoms with Crippen molar-refractivity contribution in [3.63, 3.8) is 0 Å². The number of hydrogen-bond donors (Lipinski definition) is 0. The lowest BCUT2D eigenvalue weighted by molar-refractivity contribution is 1.10. The molecule has 0 N–H and O–H groups in total. The summed E-state index contributed by atoms with van der Waals surface area (Å²) >= 11 is 0. The number of nitrogens with zero attached hydrogens (tertiary/aromatic N) is 1. The summed E-state index contributed by atoms with van der Waals surface area (Å²) in [5.41, 5.74) is 7.40. The highest BCUT2D eigenvalue weighted by Crippen LogP contribution is 2.25. The summed E-state index contributed by atoms with van der Waals surface area (Å²) in [6.07, 6.45) is 2.11. The van der Waals surface area contributed by atoms with E-state index in [-0.39, 0.29) is 0 Å². The van der Waals surface area contributed by atoms with E-state index in [2.05, 4.69) is 69.3 Å². The molecule has 106 valence electrons. The molecule has 0 aliphatic rings. The summed E-state index contributed by atoms with van der Waals surface area (Å²) in [5, 5.41) is 1.28. The molecule has 0 unspecified atom stereocenters. The molecule has 0 bridgehead atoms. The van der Waals surface area contributed by atoms with Crippen LogP contribution in [0.1, 0.15) is 30.5 Å². The van der Waals surface area contributed by atoms with Crippen molar-refractivity contribution in [2.45, 2.75) is 33.6 Å². The van der Waals surface area contributed by atoms with Crippen LogP contribution in [0.25, 0.3) is 22.2 Å². The van der Waals surface area contributed by atoms with Gasteiger partial charge in [-0.25, -0.2) is 4.98 Å². The highest BCUT2D eigenvalue weighted by molar-refractivity contribution is 5.85. The van der Waals surface area contributed by atoms with E-state index in [0.29, 0.717) is 0 Å². The third-order valence-corrected chi connectivity index (χ3v) is 4.06. The number of benzene rings is 2. The van der Waals surface area contributed by atoms with Crippen molar-refractivity contribution in [2.24, 2.45) is 0 Å². The molecule has 1 heterocycles. The lowest BCUT2D eigenvalue weighted by atomic mass is 10.00. The van der Waals surface area contributed by atoms with Crippen LogP contribution in [-0.4, -0.2) is 4.98 Å². The average Bonchev–Trinajstić information content (AvgIpc) is 2.53. The van der Waals surface area contributed by atoms with Crippen LogP contribution in [0.15, 0.2) is 48.5 Å². The Morgan fingerprint density at radius 1 is 0.905 bits per heavy atom. The van der Waals surface area contributed by atoms with Crippen LogP contribution in [0, 0.1) is 6.92 Å². The molecule has 0 saturated carbocycles. The van der Waals surface area contributed by atoms with Gasteiger partial charge < -0.3 is 0 Å². The van der Waals surface area contributed by atoms with Crippen molar-refractivity contribution >= 4 is 10.9 Å². The second-order valence-corrected chi connectivity index (χ2v) is 5.59. The lowest BCUT2D eigenvalue weighted by Crippen LogP contribution is -1.92. The molecule has 1 aromatic heterocycles. The summed E-state index contributed by atoms with van der Waals surface area (Å²) in [6.45, 7) is 6.53. The summed E-state index contributed by atoms with van der Waals surface area (Å²) in [4.78, 5) is 4.90. The van der Waals surface area contributed by atoms with Crippen LogP contribution in [0.5, 0.6) is 0 Å². The molecule has 2 aromatic carbocycles. The van der Waals surface area contributed by atoms with E-state index in [0.717, 1.165) is 24.1 Å². The molecule has 0 spiro atoms. The van der Waals surface area contributed by atoms with Crippen molar-refractivity contribution in [2.75, 3.05) is 0 Å². The number of pyridine rings is 1. The van der Waals surface area contributed by atoms with Crippen LogP contribution < -0.4 is 0 Å². The van der Waals surface area contributed by atoms with Gasteiger partial charge in [-0.05, 0) is 49.1 Å². The third-order valence-electron chi connectivity index (χ3n) is 4.06. The van der Waals surface area contributed by atoms with Gasteiger partial charge in [0.2, 0.25) is 0 Å². The normalized spacial score (nSPS) is 11.0. The molecule has 0 aliphatic carbocycles. The van der Waals surface area contributed by atoms with Crippen LogP contribution in [0.2, 0.25) is 0 Å². The minimum absolute atomic E-state index is 1.05. The van der Waals surface area contributed by atoms with E-state index in [1.165, 1.54) is 27.6 Å². The van der Waals surface area contributed by atoms with Crippen LogP contribution in [-0.2, 0) is 12.8 Å². The molecule has 0 aliphatic heterocycles. The van der Waals surface area contributed by atoms with Gasteiger partial charge in [-0.1, -0.05) is 49.7 Å². The van der Waals surface area contributed by atoms with Gasteiger partial charge in [0.15, 0.2) is 0 Å². The van der Waals surface area contributed by atoms with Gasteiger partial charge in [0.05, 0.1) is 11.2 Å². The van der Waals surface area contributed by atoms with E-state index >= 15 is 0 Å². The Bertz CT molecular complexity index is 787. The second-order valence-electron chi connectivity index (χ2n) is 5.59. The molecule has 3 rings (SSSR count). The average molecular weight is 275 g/mol. The smallest absolute Gasteiger partial charge is 0.0715 e. The molecule has 0 fully saturated rings. The van der Waals surface area contributed by atoms with Gasteiger partial charge in [-0.2, -0.15) is 0 Å². The van der Waals surface area contributed by atoms with Crippen molar-refractivity contribution in [3.8, 4) is 11.3 Å². The molecule has 21 heavy (non-hydrogen) atoms.